The van der Waals surface area contributed by atoms with Crippen LogP contribution in [0.1, 0.15) is 38.2 Å². The Morgan fingerprint density at radius 1 is 1.11 bits per heavy atom. The summed E-state index contributed by atoms with van der Waals surface area (Å²) in [5.41, 5.74) is 6.41. The Balaban J connectivity index is 2.12. The zero-order chi connectivity index (χ0) is 26.5. The van der Waals surface area contributed by atoms with Crippen molar-refractivity contribution in [3.05, 3.63) is 23.8 Å². The highest BCUT2D eigenvalue weighted by atomic mass is 16.5. The molecule has 4 amide bonds. The van der Waals surface area contributed by atoms with Crippen LogP contribution < -0.4 is 25.8 Å². The van der Waals surface area contributed by atoms with Gasteiger partial charge in [-0.1, -0.05) is 6.07 Å². The van der Waals surface area contributed by atoms with Crippen LogP contribution in [0.3, 0.4) is 0 Å². The van der Waals surface area contributed by atoms with Gasteiger partial charge in [0, 0.05) is 39.6 Å². The normalized spacial score (nSPS) is 19.8. The quantitative estimate of drug-likeness (QED) is 0.516. The Kier molecular flexibility index (Phi) is 12.0. The van der Waals surface area contributed by atoms with Gasteiger partial charge < -0.3 is 35.6 Å². The predicted octanol–water partition coefficient (Wildman–Crippen LogP) is 0.0571. The van der Waals surface area contributed by atoms with Gasteiger partial charge in [0.1, 0.15) is 6.04 Å². The molecule has 1 aromatic carbocycles. The van der Waals surface area contributed by atoms with Gasteiger partial charge in [-0.05, 0) is 50.3 Å². The number of nitrogens with two attached hydrogens (primary N) is 1. The van der Waals surface area contributed by atoms with Crippen molar-refractivity contribution >= 4 is 23.6 Å². The van der Waals surface area contributed by atoms with E-state index in [0.717, 1.165) is 5.56 Å². The molecule has 11 heteroatoms. The minimum atomic E-state index is -0.717. The standard InChI is InChI=1S/C25H39N5O6/c1-18-25(34)29(2)12-4-5-13-30(24(33)16-26)14-6-11-27-22(31)10-8-19-7-9-20(35-3)21(15-19)36-17-23(32)28-18/h7,9,15,18H,4-6,8,10-14,16-17,26H2,1-3H3,(H,27,31)(H,28,32)/t18-/m0/s1. The van der Waals surface area contributed by atoms with Crippen molar-refractivity contribution in [3.8, 4) is 11.5 Å². The molecule has 36 heavy (non-hydrogen) atoms. The Morgan fingerprint density at radius 3 is 2.56 bits per heavy atom. The van der Waals surface area contributed by atoms with Gasteiger partial charge in [0.25, 0.3) is 5.91 Å². The molecule has 2 bridgehead atoms. The van der Waals surface area contributed by atoms with Gasteiger partial charge in [-0.2, -0.15) is 0 Å². The van der Waals surface area contributed by atoms with Crippen LogP contribution in [0.2, 0.25) is 0 Å². The lowest BCUT2D eigenvalue weighted by atomic mass is 10.1. The first kappa shape index (κ1) is 28.9. The molecule has 1 heterocycles. The van der Waals surface area contributed by atoms with Crippen molar-refractivity contribution in [1.82, 2.24) is 20.4 Å². The number of likely N-dealkylation sites (N-methyl/N-ethyl adjacent to an activating group) is 1. The minimum Gasteiger partial charge on any atom is -0.493 e. The highest BCUT2D eigenvalue weighted by molar-refractivity contribution is 5.87. The summed E-state index contributed by atoms with van der Waals surface area (Å²) < 4.78 is 11.0. The van der Waals surface area contributed by atoms with Crippen molar-refractivity contribution < 1.29 is 28.7 Å². The number of nitrogens with one attached hydrogen (secondary N) is 2. The van der Waals surface area contributed by atoms with E-state index in [-0.39, 0.29) is 37.3 Å². The van der Waals surface area contributed by atoms with Gasteiger partial charge in [-0.15, -0.1) is 0 Å². The van der Waals surface area contributed by atoms with E-state index in [0.29, 0.717) is 63.4 Å². The molecular formula is C25H39N5O6. The van der Waals surface area contributed by atoms with Gasteiger partial charge in [0.05, 0.1) is 13.7 Å². The summed E-state index contributed by atoms with van der Waals surface area (Å²) in [6, 6.07) is 4.59. The van der Waals surface area contributed by atoms with E-state index in [4.69, 9.17) is 15.2 Å². The monoisotopic (exact) mass is 505 g/mol. The second-order valence-corrected chi connectivity index (χ2v) is 8.82. The Hall–Kier alpha value is -3.34. The number of aryl methyl sites for hydroxylation is 1. The summed E-state index contributed by atoms with van der Waals surface area (Å²) in [7, 11) is 3.19. The number of methoxy groups -OCH3 is 1. The number of hydrogen-bond donors (Lipinski definition) is 3. The van der Waals surface area contributed by atoms with Gasteiger partial charge in [0.15, 0.2) is 18.1 Å². The molecule has 4 N–H and O–H groups in total. The number of nitrogens with zero attached hydrogens (tertiary/aromatic N) is 2. The topological polar surface area (TPSA) is 143 Å². The van der Waals surface area contributed by atoms with Crippen LogP contribution in [0.4, 0.5) is 0 Å². The molecule has 200 valence electrons. The number of hydrogen-bond acceptors (Lipinski definition) is 7. The number of carbonyl (C=O) groups is 4. The maximum Gasteiger partial charge on any atom is 0.258 e. The van der Waals surface area contributed by atoms with Crippen molar-refractivity contribution in [2.24, 2.45) is 5.73 Å². The summed E-state index contributed by atoms with van der Waals surface area (Å²) in [6.45, 7) is 3.22. The van der Waals surface area contributed by atoms with E-state index in [2.05, 4.69) is 10.6 Å². The molecule has 11 nitrogen and oxygen atoms in total. The molecule has 0 saturated carbocycles. The zero-order valence-electron chi connectivity index (χ0n) is 21.5. The van der Waals surface area contributed by atoms with E-state index in [1.165, 1.54) is 7.11 Å². The first-order valence-corrected chi connectivity index (χ1v) is 12.3. The fourth-order valence-electron chi connectivity index (χ4n) is 3.90. The Bertz CT molecular complexity index is 909. The largest absolute Gasteiger partial charge is 0.493 e. The molecule has 1 aromatic rings. The first-order chi connectivity index (χ1) is 17.2. The number of amides is 4. The molecule has 0 spiro atoms. The lowest BCUT2D eigenvalue weighted by molar-refractivity contribution is -0.135. The summed E-state index contributed by atoms with van der Waals surface area (Å²) in [4.78, 5) is 52.8. The van der Waals surface area contributed by atoms with Gasteiger partial charge in [0.2, 0.25) is 17.7 Å². The average Bonchev–Trinajstić information content (AvgIpc) is 2.88. The number of rotatable bonds is 2. The fourth-order valence-corrected chi connectivity index (χ4v) is 3.90. The van der Waals surface area contributed by atoms with Crippen LogP contribution in [-0.4, -0.2) is 93.0 Å². The van der Waals surface area contributed by atoms with E-state index >= 15 is 0 Å². The minimum absolute atomic E-state index is 0.0739. The third-order valence-electron chi connectivity index (χ3n) is 5.98. The summed E-state index contributed by atoms with van der Waals surface area (Å²) >= 11 is 0. The molecule has 2 rings (SSSR count). The van der Waals surface area contributed by atoms with Crippen LogP contribution in [0.5, 0.6) is 11.5 Å². The van der Waals surface area contributed by atoms with Crippen LogP contribution in [-0.2, 0) is 25.6 Å². The second-order valence-electron chi connectivity index (χ2n) is 8.82. The summed E-state index contributed by atoms with van der Waals surface area (Å²) in [5.74, 6) is -0.0356. The molecule has 1 atom stereocenters. The summed E-state index contributed by atoms with van der Waals surface area (Å²) in [6.07, 6.45) is 2.77. The first-order valence-electron chi connectivity index (χ1n) is 12.3. The predicted molar refractivity (Wildman–Crippen MR) is 135 cm³/mol. The highest BCUT2D eigenvalue weighted by Gasteiger charge is 2.20. The van der Waals surface area contributed by atoms with E-state index in [9.17, 15) is 19.2 Å². The van der Waals surface area contributed by atoms with E-state index in [1.54, 1.807) is 35.9 Å². The Labute approximate surface area is 212 Å². The maximum absolute atomic E-state index is 12.7. The smallest absolute Gasteiger partial charge is 0.258 e. The van der Waals surface area contributed by atoms with Crippen molar-refractivity contribution in [3.63, 3.8) is 0 Å². The molecule has 1 aliphatic heterocycles. The van der Waals surface area contributed by atoms with Crippen LogP contribution in [0.25, 0.3) is 0 Å². The highest BCUT2D eigenvalue weighted by Crippen LogP contribution is 2.28. The number of carbonyl (C=O) groups excluding carboxylic acids is 4. The molecule has 1 aliphatic rings. The zero-order valence-corrected chi connectivity index (χ0v) is 21.5. The van der Waals surface area contributed by atoms with E-state index < -0.39 is 11.9 Å². The SMILES string of the molecule is COc1ccc2cc1OCC(=O)N[C@@H](C)C(=O)N(C)CCCCN(C(=O)CN)CCCNC(=O)CC2. The molecule has 0 aromatic heterocycles. The van der Waals surface area contributed by atoms with Gasteiger partial charge in [-0.25, -0.2) is 0 Å². The molecule has 0 radical (unpaired) electrons. The van der Waals surface area contributed by atoms with Crippen LogP contribution in [0, 0.1) is 0 Å². The second kappa shape index (κ2) is 14.9. The lowest BCUT2D eigenvalue weighted by Gasteiger charge is -2.24. The van der Waals surface area contributed by atoms with Crippen LogP contribution in [0.15, 0.2) is 18.2 Å². The fraction of sp³-hybridized carbons (Fsp3) is 0.600. The van der Waals surface area contributed by atoms with Gasteiger partial charge >= 0.3 is 0 Å². The molecule has 0 fully saturated rings. The van der Waals surface area contributed by atoms with E-state index in [1.807, 2.05) is 6.07 Å². The molecule has 0 aliphatic carbocycles. The van der Waals surface area contributed by atoms with Crippen molar-refractivity contribution in [2.45, 2.75) is 45.1 Å². The molecular weight excluding hydrogens is 466 g/mol. The third-order valence-corrected chi connectivity index (χ3v) is 5.98. The third kappa shape index (κ3) is 9.37. The Morgan fingerprint density at radius 2 is 1.83 bits per heavy atom. The number of ether oxygens (including phenoxy) is 2. The summed E-state index contributed by atoms with van der Waals surface area (Å²) in [5, 5.41) is 5.55. The van der Waals surface area contributed by atoms with Crippen molar-refractivity contribution in [2.75, 3.05) is 53.5 Å². The molecule has 0 saturated heterocycles. The lowest BCUT2D eigenvalue weighted by Crippen LogP contribution is -2.47. The van der Waals surface area contributed by atoms with Crippen molar-refractivity contribution in [1.29, 1.82) is 0 Å². The molecule has 0 unspecified atom stereocenters. The maximum atomic E-state index is 12.7. The number of benzene rings is 1. The van der Waals surface area contributed by atoms with Crippen LogP contribution >= 0.6 is 0 Å². The average molecular weight is 506 g/mol. The number of fused-ring (bicyclic) bond motifs is 2. The van der Waals surface area contributed by atoms with Gasteiger partial charge in [-0.3, -0.25) is 19.2 Å².